The van der Waals surface area contributed by atoms with Crippen molar-refractivity contribution in [1.82, 2.24) is 15.2 Å². The molecule has 0 spiro atoms. The maximum absolute atomic E-state index is 13.0. The van der Waals surface area contributed by atoms with E-state index in [0.29, 0.717) is 0 Å². The van der Waals surface area contributed by atoms with Crippen LogP contribution in [0.3, 0.4) is 0 Å². The van der Waals surface area contributed by atoms with Gasteiger partial charge in [-0.2, -0.15) is 0 Å². The zero-order valence-corrected chi connectivity index (χ0v) is 12.6. The summed E-state index contributed by atoms with van der Waals surface area (Å²) in [6, 6.07) is 4.26. The summed E-state index contributed by atoms with van der Waals surface area (Å²) in [4.78, 5) is 6.82. The number of nitrogens with zero attached hydrogens (tertiary/aromatic N) is 2. The largest absolute Gasteiger partial charge is 0.309 e. The van der Waals surface area contributed by atoms with E-state index in [1.54, 1.807) is 6.07 Å². The van der Waals surface area contributed by atoms with Crippen molar-refractivity contribution in [2.45, 2.75) is 51.6 Å². The van der Waals surface area contributed by atoms with E-state index in [2.05, 4.69) is 29.0 Å². The highest BCUT2D eigenvalue weighted by Gasteiger charge is 2.23. The van der Waals surface area contributed by atoms with E-state index >= 15 is 0 Å². The summed E-state index contributed by atoms with van der Waals surface area (Å²) in [7, 11) is 0. The first-order chi connectivity index (χ1) is 9.74. The van der Waals surface area contributed by atoms with Crippen molar-refractivity contribution < 1.29 is 4.39 Å². The van der Waals surface area contributed by atoms with Crippen molar-refractivity contribution in [2.75, 3.05) is 19.6 Å². The molecule has 3 nitrogen and oxygen atoms in total. The van der Waals surface area contributed by atoms with Crippen LogP contribution < -0.4 is 5.32 Å². The molecule has 0 amide bonds. The second-order valence-electron chi connectivity index (χ2n) is 5.54. The zero-order valence-electron chi connectivity index (χ0n) is 12.6. The van der Waals surface area contributed by atoms with Crippen molar-refractivity contribution in [1.29, 1.82) is 0 Å². The second kappa shape index (κ2) is 7.70. The smallest absolute Gasteiger partial charge is 0.141 e. The average molecular weight is 279 g/mol. The molecule has 2 unspecified atom stereocenters. The second-order valence-corrected chi connectivity index (χ2v) is 5.54. The summed E-state index contributed by atoms with van der Waals surface area (Å²) in [6.45, 7) is 7.58. The van der Waals surface area contributed by atoms with Crippen LogP contribution in [0.2, 0.25) is 0 Å². The predicted molar refractivity (Wildman–Crippen MR) is 80.1 cm³/mol. The number of likely N-dealkylation sites (tertiary alicyclic amines) is 1. The Balaban J connectivity index is 1.93. The lowest BCUT2D eigenvalue weighted by Crippen LogP contribution is -2.33. The van der Waals surface area contributed by atoms with Gasteiger partial charge in [-0.15, -0.1) is 0 Å². The van der Waals surface area contributed by atoms with Crippen molar-refractivity contribution >= 4 is 0 Å². The van der Waals surface area contributed by atoms with E-state index in [9.17, 15) is 4.39 Å². The molecule has 0 radical (unpaired) electrons. The van der Waals surface area contributed by atoms with E-state index in [4.69, 9.17) is 0 Å². The molecule has 4 heteroatoms. The number of aromatic nitrogens is 1. The standard InChI is InChI=1S/C16H26FN3/c1-3-14-6-5-10-20(14)11-9-16(18-4-2)15-8-7-13(17)12-19-15/h7-8,12,14,16,18H,3-6,9-11H2,1-2H3. The molecule has 1 aliphatic heterocycles. The van der Waals surface area contributed by atoms with Crippen LogP contribution in [0.25, 0.3) is 0 Å². The Labute approximate surface area is 121 Å². The molecule has 0 saturated carbocycles. The van der Waals surface area contributed by atoms with Crippen LogP contribution in [0.1, 0.15) is 51.3 Å². The van der Waals surface area contributed by atoms with Crippen molar-refractivity contribution in [3.05, 3.63) is 29.8 Å². The molecule has 1 aromatic rings. The first-order valence-electron chi connectivity index (χ1n) is 7.83. The van der Waals surface area contributed by atoms with Gasteiger partial charge in [-0.25, -0.2) is 4.39 Å². The van der Waals surface area contributed by atoms with Gasteiger partial charge in [0.05, 0.1) is 17.9 Å². The van der Waals surface area contributed by atoms with Crippen LogP contribution >= 0.6 is 0 Å². The number of pyridine rings is 1. The molecule has 20 heavy (non-hydrogen) atoms. The van der Waals surface area contributed by atoms with Crippen LogP contribution in [0.4, 0.5) is 4.39 Å². The van der Waals surface area contributed by atoms with E-state index in [1.807, 2.05) is 0 Å². The molecule has 2 rings (SSSR count). The Morgan fingerprint density at radius 1 is 1.45 bits per heavy atom. The monoisotopic (exact) mass is 279 g/mol. The Bertz CT molecular complexity index is 393. The van der Waals surface area contributed by atoms with Gasteiger partial charge in [0.2, 0.25) is 0 Å². The van der Waals surface area contributed by atoms with Gasteiger partial charge in [-0.3, -0.25) is 4.98 Å². The third kappa shape index (κ3) is 4.00. The Kier molecular flexibility index (Phi) is 5.92. The van der Waals surface area contributed by atoms with Crippen LogP contribution in [-0.4, -0.2) is 35.6 Å². The van der Waals surface area contributed by atoms with Gasteiger partial charge in [-0.1, -0.05) is 13.8 Å². The number of rotatable bonds is 7. The van der Waals surface area contributed by atoms with Gasteiger partial charge < -0.3 is 10.2 Å². The van der Waals surface area contributed by atoms with E-state index in [1.165, 1.54) is 38.1 Å². The molecule has 1 aromatic heterocycles. The van der Waals surface area contributed by atoms with Crippen LogP contribution in [0.5, 0.6) is 0 Å². The minimum Gasteiger partial charge on any atom is -0.309 e. The Morgan fingerprint density at radius 3 is 2.95 bits per heavy atom. The molecule has 112 valence electrons. The number of nitrogens with one attached hydrogen (secondary N) is 1. The molecule has 0 aliphatic carbocycles. The zero-order chi connectivity index (χ0) is 14.4. The van der Waals surface area contributed by atoms with Gasteiger partial charge in [0.1, 0.15) is 5.82 Å². The van der Waals surface area contributed by atoms with Gasteiger partial charge in [0.15, 0.2) is 0 Å². The summed E-state index contributed by atoms with van der Waals surface area (Å²) in [5.74, 6) is -0.269. The van der Waals surface area contributed by atoms with Gasteiger partial charge >= 0.3 is 0 Å². The first kappa shape index (κ1) is 15.4. The highest BCUT2D eigenvalue weighted by molar-refractivity contribution is 5.10. The molecule has 0 aromatic carbocycles. The molecule has 1 saturated heterocycles. The predicted octanol–water partition coefficient (Wildman–Crippen LogP) is 3.14. The third-order valence-corrected chi connectivity index (χ3v) is 4.23. The molecule has 1 fully saturated rings. The molecular weight excluding hydrogens is 253 g/mol. The lowest BCUT2D eigenvalue weighted by molar-refractivity contribution is 0.233. The summed E-state index contributed by atoms with van der Waals surface area (Å²) >= 11 is 0. The molecule has 2 atom stereocenters. The van der Waals surface area contributed by atoms with Gasteiger partial charge in [0, 0.05) is 12.6 Å². The maximum Gasteiger partial charge on any atom is 0.141 e. The summed E-state index contributed by atoms with van der Waals surface area (Å²) in [6.07, 6.45) is 6.23. The average Bonchev–Trinajstić information content (AvgIpc) is 2.92. The van der Waals surface area contributed by atoms with Gasteiger partial charge in [0.25, 0.3) is 0 Å². The Morgan fingerprint density at radius 2 is 2.30 bits per heavy atom. The number of halogens is 1. The minimum atomic E-state index is -0.269. The summed E-state index contributed by atoms with van der Waals surface area (Å²) in [5.41, 5.74) is 0.945. The number of hydrogen-bond acceptors (Lipinski definition) is 3. The summed E-state index contributed by atoms with van der Waals surface area (Å²) in [5, 5.41) is 3.46. The Hall–Kier alpha value is -1.00. The highest BCUT2D eigenvalue weighted by Crippen LogP contribution is 2.22. The maximum atomic E-state index is 13.0. The third-order valence-electron chi connectivity index (χ3n) is 4.23. The van der Waals surface area contributed by atoms with Crippen LogP contribution in [0.15, 0.2) is 18.3 Å². The fraction of sp³-hybridized carbons (Fsp3) is 0.688. The van der Waals surface area contributed by atoms with Crippen LogP contribution in [0, 0.1) is 5.82 Å². The SMILES string of the molecule is CCNC(CCN1CCCC1CC)c1ccc(F)cn1. The highest BCUT2D eigenvalue weighted by atomic mass is 19.1. The topological polar surface area (TPSA) is 28.2 Å². The van der Waals surface area contributed by atoms with E-state index in [0.717, 1.165) is 31.2 Å². The van der Waals surface area contributed by atoms with Gasteiger partial charge in [-0.05, 0) is 50.9 Å². The fourth-order valence-corrected chi connectivity index (χ4v) is 3.14. The van der Waals surface area contributed by atoms with Crippen LogP contribution in [-0.2, 0) is 0 Å². The minimum absolute atomic E-state index is 0.221. The normalized spacial score (nSPS) is 21.2. The van der Waals surface area contributed by atoms with Crippen molar-refractivity contribution in [2.24, 2.45) is 0 Å². The fourth-order valence-electron chi connectivity index (χ4n) is 3.14. The molecular formula is C16H26FN3. The lowest BCUT2D eigenvalue weighted by Gasteiger charge is -2.26. The van der Waals surface area contributed by atoms with Crippen molar-refractivity contribution in [3.8, 4) is 0 Å². The molecule has 2 heterocycles. The molecule has 1 N–H and O–H groups in total. The van der Waals surface area contributed by atoms with E-state index < -0.39 is 0 Å². The van der Waals surface area contributed by atoms with E-state index in [-0.39, 0.29) is 11.9 Å². The molecule has 1 aliphatic rings. The van der Waals surface area contributed by atoms with Crippen molar-refractivity contribution in [3.63, 3.8) is 0 Å². The quantitative estimate of drug-likeness (QED) is 0.831. The number of hydrogen-bond donors (Lipinski definition) is 1. The molecule has 0 bridgehead atoms. The first-order valence-corrected chi connectivity index (χ1v) is 7.83. The summed E-state index contributed by atoms with van der Waals surface area (Å²) < 4.78 is 13.0. The lowest BCUT2D eigenvalue weighted by atomic mass is 10.1.